The van der Waals surface area contributed by atoms with E-state index in [2.05, 4.69) is 40.3 Å². The van der Waals surface area contributed by atoms with Crippen LogP contribution in [0.3, 0.4) is 0 Å². The molecule has 0 unspecified atom stereocenters. The maximum absolute atomic E-state index is 10.1. The van der Waals surface area contributed by atoms with Gasteiger partial charge in [0.25, 0.3) is 0 Å². The van der Waals surface area contributed by atoms with Crippen molar-refractivity contribution in [1.82, 2.24) is 0 Å². The second kappa shape index (κ2) is 5.12. The molecule has 0 saturated carbocycles. The van der Waals surface area contributed by atoms with Gasteiger partial charge in [-0.15, -0.1) is 0 Å². The maximum atomic E-state index is 10.1. The fraction of sp³-hybridized carbons (Fsp3) is 0.625. The Morgan fingerprint density at radius 2 is 2.12 bits per heavy atom. The standard InChI is InChI=1S/C16H26O/c1-7-15(17)16(5,6)14-10-12(4)8-9-13(14)11(2)3/h7,10,13-14,17H,2,8-9H2,1,3-6H3/b15-7+/t13-,14+/m0/s1. The highest BCUT2D eigenvalue weighted by molar-refractivity contribution is 5.21. The third-order valence-electron chi connectivity index (χ3n) is 4.15. The molecule has 0 fully saturated rings. The molecule has 1 N–H and O–H groups in total. The lowest BCUT2D eigenvalue weighted by Gasteiger charge is -2.40. The van der Waals surface area contributed by atoms with E-state index in [4.69, 9.17) is 0 Å². The van der Waals surface area contributed by atoms with Crippen molar-refractivity contribution in [2.45, 2.75) is 47.5 Å². The molecule has 1 nitrogen and oxygen atoms in total. The second-order valence-electron chi connectivity index (χ2n) is 5.93. The zero-order valence-electron chi connectivity index (χ0n) is 11.9. The van der Waals surface area contributed by atoms with Gasteiger partial charge in [0, 0.05) is 5.41 Å². The molecule has 0 spiro atoms. The summed E-state index contributed by atoms with van der Waals surface area (Å²) in [5.41, 5.74) is 2.46. The van der Waals surface area contributed by atoms with Gasteiger partial charge < -0.3 is 5.11 Å². The van der Waals surface area contributed by atoms with Crippen molar-refractivity contribution in [1.29, 1.82) is 0 Å². The first-order valence-corrected chi connectivity index (χ1v) is 6.49. The predicted molar refractivity (Wildman–Crippen MR) is 75.0 cm³/mol. The number of allylic oxidation sites excluding steroid dienone is 5. The second-order valence-corrected chi connectivity index (χ2v) is 5.93. The largest absolute Gasteiger partial charge is 0.512 e. The molecule has 1 rings (SSSR count). The minimum atomic E-state index is -0.208. The van der Waals surface area contributed by atoms with E-state index < -0.39 is 0 Å². The van der Waals surface area contributed by atoms with Crippen molar-refractivity contribution in [2.24, 2.45) is 17.3 Å². The molecule has 1 aliphatic carbocycles. The van der Waals surface area contributed by atoms with Crippen LogP contribution in [0.1, 0.15) is 47.5 Å². The first kappa shape index (κ1) is 14.1. The summed E-state index contributed by atoms with van der Waals surface area (Å²) < 4.78 is 0. The van der Waals surface area contributed by atoms with Gasteiger partial charge >= 0.3 is 0 Å². The molecule has 0 heterocycles. The molecule has 0 saturated heterocycles. The van der Waals surface area contributed by atoms with Crippen LogP contribution in [0.4, 0.5) is 0 Å². The van der Waals surface area contributed by atoms with E-state index in [1.807, 2.05) is 13.0 Å². The third-order valence-corrected chi connectivity index (χ3v) is 4.15. The molecule has 0 aromatic carbocycles. The highest BCUT2D eigenvalue weighted by atomic mass is 16.3. The Balaban J connectivity index is 3.14. The van der Waals surface area contributed by atoms with E-state index in [1.54, 1.807) is 0 Å². The molecule has 0 amide bonds. The number of rotatable bonds is 3. The van der Waals surface area contributed by atoms with Crippen molar-refractivity contribution < 1.29 is 5.11 Å². The van der Waals surface area contributed by atoms with Crippen LogP contribution in [0.15, 0.2) is 35.6 Å². The molecule has 0 aromatic rings. The van der Waals surface area contributed by atoms with Crippen LogP contribution in [-0.4, -0.2) is 5.11 Å². The van der Waals surface area contributed by atoms with Crippen LogP contribution in [0.25, 0.3) is 0 Å². The molecule has 1 aliphatic rings. The van der Waals surface area contributed by atoms with E-state index in [0.717, 1.165) is 12.8 Å². The Bertz CT molecular complexity index is 358. The molecule has 0 aromatic heterocycles. The van der Waals surface area contributed by atoms with Gasteiger partial charge in [-0.25, -0.2) is 0 Å². The number of hydrogen-bond donors (Lipinski definition) is 1. The van der Waals surface area contributed by atoms with Crippen LogP contribution in [-0.2, 0) is 0 Å². The zero-order chi connectivity index (χ0) is 13.2. The summed E-state index contributed by atoms with van der Waals surface area (Å²) in [5.74, 6) is 1.32. The Kier molecular flexibility index (Phi) is 4.24. The maximum Gasteiger partial charge on any atom is 0.0942 e. The van der Waals surface area contributed by atoms with Crippen molar-refractivity contribution >= 4 is 0 Å². The van der Waals surface area contributed by atoms with E-state index in [1.165, 1.54) is 11.1 Å². The Morgan fingerprint density at radius 1 is 1.53 bits per heavy atom. The molecule has 96 valence electrons. The lowest BCUT2D eigenvalue weighted by Crippen LogP contribution is -2.33. The highest BCUT2D eigenvalue weighted by Gasteiger charge is 2.38. The third kappa shape index (κ3) is 2.83. The first-order chi connectivity index (χ1) is 7.80. The lowest BCUT2D eigenvalue weighted by molar-refractivity contribution is 0.157. The molecule has 0 aliphatic heterocycles. The summed E-state index contributed by atoms with van der Waals surface area (Å²) >= 11 is 0. The smallest absolute Gasteiger partial charge is 0.0942 e. The molecule has 17 heavy (non-hydrogen) atoms. The number of aliphatic hydroxyl groups is 1. The Labute approximate surface area is 106 Å². The number of hydrogen-bond acceptors (Lipinski definition) is 1. The summed E-state index contributed by atoms with van der Waals surface area (Å²) in [6, 6.07) is 0. The Hall–Kier alpha value is -0.980. The van der Waals surface area contributed by atoms with Crippen molar-refractivity contribution in [3.63, 3.8) is 0 Å². The van der Waals surface area contributed by atoms with Gasteiger partial charge in [-0.1, -0.05) is 37.6 Å². The van der Waals surface area contributed by atoms with Crippen LogP contribution in [0.5, 0.6) is 0 Å². The van der Waals surface area contributed by atoms with Gasteiger partial charge in [0.15, 0.2) is 0 Å². The van der Waals surface area contributed by atoms with Crippen LogP contribution >= 0.6 is 0 Å². The first-order valence-electron chi connectivity index (χ1n) is 6.49. The summed E-state index contributed by atoms with van der Waals surface area (Å²) in [4.78, 5) is 0. The molecular formula is C16H26O. The SMILES string of the molecule is C=C(C)[C@@H]1CCC(C)=C[C@H]1C(C)(C)/C(O)=C\C. The quantitative estimate of drug-likeness (QED) is 0.537. The van der Waals surface area contributed by atoms with Crippen LogP contribution in [0.2, 0.25) is 0 Å². The fourth-order valence-corrected chi connectivity index (χ4v) is 2.88. The van der Waals surface area contributed by atoms with E-state index >= 15 is 0 Å². The Morgan fingerprint density at radius 3 is 2.59 bits per heavy atom. The minimum Gasteiger partial charge on any atom is -0.512 e. The van der Waals surface area contributed by atoms with E-state index in [9.17, 15) is 5.11 Å². The van der Waals surface area contributed by atoms with E-state index in [-0.39, 0.29) is 5.41 Å². The summed E-state index contributed by atoms with van der Waals surface area (Å²) in [6.45, 7) is 14.6. The van der Waals surface area contributed by atoms with Gasteiger partial charge in [0.05, 0.1) is 5.76 Å². The number of aliphatic hydroxyl groups excluding tert-OH is 1. The monoisotopic (exact) mass is 234 g/mol. The van der Waals surface area contributed by atoms with Crippen molar-refractivity contribution in [2.75, 3.05) is 0 Å². The molecular weight excluding hydrogens is 208 g/mol. The van der Waals surface area contributed by atoms with Gasteiger partial charge in [-0.3, -0.25) is 0 Å². The highest BCUT2D eigenvalue weighted by Crippen LogP contribution is 2.46. The van der Waals surface area contributed by atoms with Gasteiger partial charge in [-0.2, -0.15) is 0 Å². The average molecular weight is 234 g/mol. The zero-order valence-corrected chi connectivity index (χ0v) is 11.9. The van der Waals surface area contributed by atoms with E-state index in [0.29, 0.717) is 17.6 Å². The minimum absolute atomic E-state index is 0.208. The molecule has 0 bridgehead atoms. The molecule has 2 atom stereocenters. The average Bonchev–Trinajstić information content (AvgIpc) is 2.27. The van der Waals surface area contributed by atoms with Crippen LogP contribution in [0, 0.1) is 17.3 Å². The van der Waals surface area contributed by atoms with Gasteiger partial charge in [0.1, 0.15) is 0 Å². The topological polar surface area (TPSA) is 20.2 Å². The normalized spacial score (nSPS) is 26.6. The van der Waals surface area contributed by atoms with Gasteiger partial charge in [-0.05, 0) is 51.5 Å². The molecule has 0 radical (unpaired) electrons. The summed E-state index contributed by atoms with van der Waals surface area (Å²) in [5, 5.41) is 10.1. The van der Waals surface area contributed by atoms with Crippen molar-refractivity contribution in [3.05, 3.63) is 35.6 Å². The fourth-order valence-electron chi connectivity index (χ4n) is 2.88. The van der Waals surface area contributed by atoms with Gasteiger partial charge in [0.2, 0.25) is 0 Å². The summed E-state index contributed by atoms with van der Waals surface area (Å²) in [6.07, 6.45) is 6.46. The summed E-state index contributed by atoms with van der Waals surface area (Å²) in [7, 11) is 0. The lowest BCUT2D eigenvalue weighted by atomic mass is 9.64. The molecule has 1 heteroatoms. The van der Waals surface area contributed by atoms with Crippen LogP contribution < -0.4 is 0 Å². The predicted octanol–water partition coefficient (Wildman–Crippen LogP) is 5.02. The van der Waals surface area contributed by atoms with Crippen molar-refractivity contribution in [3.8, 4) is 0 Å².